The van der Waals surface area contributed by atoms with Gasteiger partial charge in [0.05, 0.1) is 0 Å². The summed E-state index contributed by atoms with van der Waals surface area (Å²) in [7, 11) is 0. The van der Waals surface area contributed by atoms with E-state index in [1.54, 1.807) is 0 Å². The van der Waals surface area contributed by atoms with Crippen LogP contribution in [0.5, 0.6) is 0 Å². The number of thiocarbonyl (C=S) groups is 1. The summed E-state index contributed by atoms with van der Waals surface area (Å²) in [5, 5.41) is 0.426. The fourth-order valence-corrected chi connectivity index (χ4v) is 0.594. The van der Waals surface area contributed by atoms with E-state index >= 15 is 0 Å². The first-order valence-corrected chi connectivity index (χ1v) is 2.37. The van der Waals surface area contributed by atoms with E-state index in [9.17, 15) is 0 Å². The lowest BCUT2D eigenvalue weighted by molar-refractivity contribution is -0.407. The summed E-state index contributed by atoms with van der Waals surface area (Å²) in [6, 6.07) is 0. The smallest absolute Gasteiger partial charge is 0.161 e. The Morgan fingerprint density at radius 3 is 2.71 bits per heavy atom. The van der Waals surface area contributed by atoms with E-state index < -0.39 is 0 Å². The van der Waals surface area contributed by atoms with Crippen molar-refractivity contribution in [3.8, 4) is 0 Å². The van der Waals surface area contributed by atoms with Crippen molar-refractivity contribution in [1.29, 1.82) is 0 Å². The summed E-state index contributed by atoms with van der Waals surface area (Å²) >= 11 is 9.14. The second-order valence-corrected chi connectivity index (χ2v) is 1.77. The molecular weight excluding hydrogens is 130 g/mol. The second-order valence-electron chi connectivity index (χ2n) is 0.987. The molecule has 1 N–H and O–H groups in total. The summed E-state index contributed by atoms with van der Waals surface area (Å²) in [6.07, 6.45) is 1.44. The predicted octanol–water partition coefficient (Wildman–Crippen LogP) is -0.439. The molecule has 0 radical (unpaired) electrons. The van der Waals surface area contributed by atoms with E-state index in [1.807, 2.05) is 0 Å². The lowest BCUT2D eigenvalue weighted by atomic mass is 11.2. The first-order valence-electron chi connectivity index (χ1n) is 1.60. The summed E-state index contributed by atoms with van der Waals surface area (Å²) in [5.41, 5.74) is 2.57. The van der Waals surface area contributed by atoms with Crippen LogP contribution in [-0.4, -0.2) is 15.5 Å². The molecule has 0 fully saturated rings. The van der Waals surface area contributed by atoms with Crippen molar-refractivity contribution in [2.24, 2.45) is 4.99 Å². The van der Waals surface area contributed by atoms with Gasteiger partial charge in [-0.25, -0.2) is 0 Å². The Bertz CT molecular complexity index is 133. The zero-order valence-corrected chi connectivity index (χ0v) is 4.92. The van der Waals surface area contributed by atoms with Gasteiger partial charge in [0.2, 0.25) is 0 Å². The van der Waals surface area contributed by atoms with Gasteiger partial charge >= 0.3 is 11.5 Å². The summed E-state index contributed by atoms with van der Waals surface area (Å²) in [6.45, 7) is 0. The Kier molecular flexibility index (Phi) is 1.07. The van der Waals surface area contributed by atoms with Gasteiger partial charge in [-0.2, -0.15) is 5.43 Å². The second kappa shape index (κ2) is 1.59. The number of nitrogens with zero attached hydrogens (tertiary/aromatic N) is 2. The molecule has 0 aromatic carbocycles. The molecule has 0 saturated heterocycles. The van der Waals surface area contributed by atoms with Crippen molar-refractivity contribution in [2.45, 2.75) is 0 Å². The zero-order valence-electron chi connectivity index (χ0n) is 3.29. The number of hydrogen-bond acceptors (Lipinski definition) is 2. The molecule has 0 unspecified atom stereocenters. The van der Waals surface area contributed by atoms with Gasteiger partial charge in [-0.15, -0.1) is 0 Å². The third-order valence-electron chi connectivity index (χ3n) is 0.486. The van der Waals surface area contributed by atoms with E-state index in [1.165, 1.54) is 10.4 Å². The zero-order chi connectivity index (χ0) is 5.28. The maximum absolute atomic E-state index is 4.58. The van der Waals surface area contributed by atoms with Crippen molar-refractivity contribution in [3.05, 3.63) is 0 Å². The molecule has 0 atom stereocenters. The quantitative estimate of drug-likeness (QED) is 0.358. The van der Waals surface area contributed by atoms with E-state index in [-0.39, 0.29) is 0 Å². The Morgan fingerprint density at radius 2 is 2.57 bits per heavy atom. The molecule has 1 heterocycles. The van der Waals surface area contributed by atoms with Crippen LogP contribution in [0.4, 0.5) is 0 Å². The van der Waals surface area contributed by atoms with Gasteiger partial charge in [0.25, 0.3) is 0 Å². The van der Waals surface area contributed by atoms with Crippen molar-refractivity contribution in [1.82, 2.24) is 5.43 Å². The van der Waals surface area contributed by atoms with Crippen molar-refractivity contribution in [2.75, 3.05) is 0 Å². The number of rotatable bonds is 0. The highest BCUT2D eigenvalue weighted by atomic mass is 32.1. The van der Waals surface area contributed by atoms with Crippen LogP contribution in [0.3, 0.4) is 0 Å². The molecule has 5 heteroatoms. The van der Waals surface area contributed by atoms with Crippen LogP contribution >= 0.6 is 12.2 Å². The van der Waals surface area contributed by atoms with Gasteiger partial charge in [0.1, 0.15) is 0 Å². The molecule has 0 bridgehead atoms. The molecule has 1 aliphatic heterocycles. The van der Waals surface area contributed by atoms with Gasteiger partial charge in [-0.05, 0) is 17.2 Å². The highest BCUT2D eigenvalue weighted by Gasteiger charge is 2.11. The molecule has 1 rings (SSSR count). The average Bonchev–Trinajstić information content (AvgIpc) is 1.87. The van der Waals surface area contributed by atoms with Crippen LogP contribution in [0.15, 0.2) is 4.99 Å². The Morgan fingerprint density at radius 1 is 1.86 bits per heavy atom. The summed E-state index contributed by atoms with van der Waals surface area (Å²) < 4.78 is 1.28. The molecule has 1 aliphatic rings. The topological polar surface area (TPSA) is 27.4 Å². The monoisotopic (exact) mass is 132 g/mol. The fourth-order valence-electron chi connectivity index (χ4n) is 0.257. The van der Waals surface area contributed by atoms with Crippen LogP contribution in [0, 0.1) is 0 Å². The van der Waals surface area contributed by atoms with Crippen LogP contribution in [0.2, 0.25) is 0 Å². The molecule has 7 heavy (non-hydrogen) atoms. The van der Waals surface area contributed by atoms with Gasteiger partial charge in [0.15, 0.2) is 12.4 Å². The van der Waals surface area contributed by atoms with Gasteiger partial charge in [0, 0.05) is 0 Å². The lowest BCUT2D eigenvalue weighted by Gasteiger charge is -1.77. The minimum atomic E-state index is 0.426. The molecule has 0 aliphatic carbocycles. The van der Waals surface area contributed by atoms with Crippen LogP contribution in [0.1, 0.15) is 0 Å². The molecule has 0 amide bonds. The van der Waals surface area contributed by atoms with E-state index in [4.69, 9.17) is 0 Å². The third-order valence-corrected chi connectivity index (χ3v) is 0.868. The normalized spacial score (nSPS) is 17.7. The largest absolute Gasteiger partial charge is 0.343 e. The maximum Gasteiger partial charge on any atom is 0.343 e. The molecule has 0 aromatic heterocycles. The van der Waals surface area contributed by atoms with Crippen molar-refractivity contribution < 1.29 is 4.05 Å². The minimum Gasteiger partial charge on any atom is -0.161 e. The van der Waals surface area contributed by atoms with Gasteiger partial charge in [-0.3, -0.25) is 0 Å². The van der Waals surface area contributed by atoms with Gasteiger partial charge < -0.3 is 0 Å². The minimum absolute atomic E-state index is 0.426. The van der Waals surface area contributed by atoms with Crippen molar-refractivity contribution >= 4 is 36.1 Å². The number of hydrogen-bond donors (Lipinski definition) is 1. The molecular formula is C2H2N3S2+. The summed E-state index contributed by atoms with van der Waals surface area (Å²) in [4.78, 5) is 3.63. The highest BCUT2D eigenvalue weighted by Crippen LogP contribution is 1.79. The predicted molar refractivity (Wildman–Crippen MR) is 31.9 cm³/mol. The fraction of sp³-hybridized carbons (Fsp3) is 0. The average molecular weight is 132 g/mol. The molecule has 0 aromatic rings. The SMILES string of the molecule is S=C1N=C[N+](=S)N1. The molecule has 3 nitrogen and oxygen atoms in total. The molecule has 36 valence electrons. The number of nitrogens with one attached hydrogen (secondary N) is 1. The first kappa shape index (κ1) is 4.73. The van der Waals surface area contributed by atoms with Crippen molar-refractivity contribution in [3.63, 3.8) is 0 Å². The number of aliphatic imine (C=N–C) groups is 1. The molecule has 0 spiro atoms. The van der Waals surface area contributed by atoms with Gasteiger partial charge in [-0.1, -0.05) is 4.05 Å². The lowest BCUT2D eigenvalue weighted by Crippen LogP contribution is -2.21. The third kappa shape index (κ3) is 0.971. The van der Waals surface area contributed by atoms with Crippen LogP contribution in [-0.2, 0) is 12.4 Å². The number of hydrazine groups is 1. The van der Waals surface area contributed by atoms with Crippen LogP contribution < -0.4 is 5.43 Å². The molecule has 0 saturated carbocycles. The standard InChI is InChI=1S/C2HN3S2/c6-2-3-1-5(7)4-2/h1H/p+1. The highest BCUT2D eigenvalue weighted by molar-refractivity contribution is 7.80. The Hall–Kier alpha value is -0.420. The van der Waals surface area contributed by atoms with E-state index in [0.29, 0.717) is 5.11 Å². The van der Waals surface area contributed by atoms with Crippen LogP contribution in [0.25, 0.3) is 0 Å². The van der Waals surface area contributed by atoms with E-state index in [0.717, 1.165) is 0 Å². The Balaban J connectivity index is 2.76. The Labute approximate surface area is 51.2 Å². The van der Waals surface area contributed by atoms with E-state index in [2.05, 4.69) is 35.1 Å². The maximum atomic E-state index is 4.58. The first-order chi connectivity index (χ1) is 3.29. The summed E-state index contributed by atoms with van der Waals surface area (Å²) in [5.74, 6) is 0.